The van der Waals surface area contributed by atoms with Crippen molar-refractivity contribution in [2.45, 2.75) is 6.92 Å². The third kappa shape index (κ3) is 4.55. The lowest BCUT2D eigenvalue weighted by Gasteiger charge is -2.07. The molecule has 4 heteroatoms. The minimum absolute atomic E-state index is 0.00840. The first kappa shape index (κ1) is 13.9. The van der Waals surface area contributed by atoms with Crippen molar-refractivity contribution >= 4 is 34.2 Å². The number of ether oxygens (including phenoxy) is 1. The first-order chi connectivity index (χ1) is 9.13. The Labute approximate surface area is 126 Å². The molecule has 0 radical (unpaired) electrons. The van der Waals surface area contributed by atoms with Crippen molar-refractivity contribution in [1.82, 2.24) is 0 Å². The Bertz CT molecular complexity index is 549. The van der Waals surface area contributed by atoms with Crippen molar-refractivity contribution < 1.29 is 9.53 Å². The van der Waals surface area contributed by atoms with Crippen molar-refractivity contribution in [2.75, 3.05) is 11.9 Å². The highest BCUT2D eigenvalue weighted by Crippen LogP contribution is 2.13. The summed E-state index contributed by atoms with van der Waals surface area (Å²) >= 11 is 2.22. The topological polar surface area (TPSA) is 38.3 Å². The van der Waals surface area contributed by atoms with E-state index in [0.717, 1.165) is 14.8 Å². The number of carbonyl (C=O) groups excluding carboxylic acids is 1. The minimum atomic E-state index is -0.164. The summed E-state index contributed by atoms with van der Waals surface area (Å²) in [6, 6.07) is 15.2. The van der Waals surface area contributed by atoms with Crippen LogP contribution in [-0.2, 0) is 4.79 Å². The van der Waals surface area contributed by atoms with Crippen LogP contribution in [0.3, 0.4) is 0 Å². The number of rotatable bonds is 4. The van der Waals surface area contributed by atoms with Crippen molar-refractivity contribution in [3.63, 3.8) is 0 Å². The molecular weight excluding hydrogens is 353 g/mol. The number of benzene rings is 2. The molecule has 19 heavy (non-hydrogen) atoms. The largest absolute Gasteiger partial charge is 0.484 e. The molecule has 3 nitrogen and oxygen atoms in total. The van der Waals surface area contributed by atoms with Gasteiger partial charge in [-0.2, -0.15) is 0 Å². The highest BCUT2D eigenvalue weighted by Gasteiger charge is 2.03. The first-order valence-corrected chi connectivity index (χ1v) is 6.96. The number of hydrogen-bond acceptors (Lipinski definition) is 2. The van der Waals surface area contributed by atoms with E-state index < -0.39 is 0 Å². The Balaban J connectivity index is 1.84. The number of amides is 1. The van der Waals surface area contributed by atoms with Gasteiger partial charge in [0.05, 0.1) is 0 Å². The molecule has 98 valence electrons. The highest BCUT2D eigenvalue weighted by molar-refractivity contribution is 14.1. The molecule has 0 aromatic heterocycles. The van der Waals surface area contributed by atoms with E-state index in [1.807, 2.05) is 55.5 Å². The molecular formula is C15H14INO2. The molecule has 0 spiro atoms. The van der Waals surface area contributed by atoms with E-state index in [9.17, 15) is 4.79 Å². The van der Waals surface area contributed by atoms with Crippen molar-refractivity contribution in [1.29, 1.82) is 0 Å². The Hall–Kier alpha value is -1.56. The van der Waals surface area contributed by atoms with Gasteiger partial charge >= 0.3 is 0 Å². The lowest BCUT2D eigenvalue weighted by molar-refractivity contribution is -0.118. The number of nitrogens with one attached hydrogen (secondary N) is 1. The zero-order chi connectivity index (χ0) is 13.7. The van der Waals surface area contributed by atoms with Gasteiger partial charge in [-0.1, -0.05) is 17.7 Å². The van der Waals surface area contributed by atoms with Gasteiger partial charge in [-0.25, -0.2) is 0 Å². The fraction of sp³-hybridized carbons (Fsp3) is 0.133. The molecule has 0 saturated heterocycles. The quantitative estimate of drug-likeness (QED) is 0.839. The minimum Gasteiger partial charge on any atom is -0.484 e. The fourth-order valence-electron chi connectivity index (χ4n) is 1.51. The van der Waals surface area contributed by atoms with Crippen LogP contribution in [0.25, 0.3) is 0 Å². The van der Waals surface area contributed by atoms with Gasteiger partial charge < -0.3 is 10.1 Å². The van der Waals surface area contributed by atoms with E-state index in [0.29, 0.717) is 5.75 Å². The summed E-state index contributed by atoms with van der Waals surface area (Å²) in [6.45, 7) is 2.01. The maximum absolute atomic E-state index is 11.7. The molecule has 2 aromatic rings. The molecule has 2 rings (SSSR count). The summed E-state index contributed by atoms with van der Waals surface area (Å²) in [5.74, 6) is 0.530. The Morgan fingerprint density at radius 3 is 2.37 bits per heavy atom. The fourth-order valence-corrected chi connectivity index (χ4v) is 1.87. The maximum Gasteiger partial charge on any atom is 0.262 e. The van der Waals surface area contributed by atoms with Gasteiger partial charge in [0.1, 0.15) is 5.75 Å². The monoisotopic (exact) mass is 367 g/mol. The lowest BCUT2D eigenvalue weighted by atomic mass is 10.2. The van der Waals surface area contributed by atoms with E-state index in [2.05, 4.69) is 27.9 Å². The van der Waals surface area contributed by atoms with Crippen LogP contribution in [0.1, 0.15) is 5.56 Å². The average Bonchev–Trinajstić information content (AvgIpc) is 2.41. The lowest BCUT2D eigenvalue weighted by Crippen LogP contribution is -2.20. The Morgan fingerprint density at radius 1 is 1.11 bits per heavy atom. The van der Waals surface area contributed by atoms with Crippen molar-refractivity contribution in [2.24, 2.45) is 0 Å². The third-order valence-electron chi connectivity index (χ3n) is 2.52. The van der Waals surface area contributed by atoms with Crippen molar-refractivity contribution in [3.05, 3.63) is 57.7 Å². The average molecular weight is 367 g/mol. The van der Waals surface area contributed by atoms with Crippen LogP contribution in [0.15, 0.2) is 48.5 Å². The molecule has 0 saturated carbocycles. The number of halogens is 1. The summed E-state index contributed by atoms with van der Waals surface area (Å²) in [7, 11) is 0. The van der Waals surface area contributed by atoms with Gasteiger partial charge in [0.25, 0.3) is 5.91 Å². The molecule has 2 aromatic carbocycles. The predicted octanol–water partition coefficient (Wildman–Crippen LogP) is 3.62. The molecule has 1 N–H and O–H groups in total. The number of carbonyl (C=O) groups is 1. The van der Waals surface area contributed by atoms with E-state index >= 15 is 0 Å². The maximum atomic E-state index is 11.7. The van der Waals surface area contributed by atoms with Crippen molar-refractivity contribution in [3.8, 4) is 5.75 Å². The van der Waals surface area contributed by atoms with Crippen LogP contribution in [0.5, 0.6) is 5.75 Å². The van der Waals surface area contributed by atoms with Gasteiger partial charge in [0, 0.05) is 9.26 Å². The van der Waals surface area contributed by atoms with E-state index in [-0.39, 0.29) is 12.5 Å². The number of aryl methyl sites for hydroxylation is 1. The Morgan fingerprint density at radius 2 is 1.74 bits per heavy atom. The smallest absolute Gasteiger partial charge is 0.262 e. The summed E-state index contributed by atoms with van der Waals surface area (Å²) in [6.07, 6.45) is 0. The zero-order valence-corrected chi connectivity index (χ0v) is 12.7. The molecule has 0 unspecified atom stereocenters. The van der Waals surface area contributed by atoms with Gasteiger partial charge in [0.2, 0.25) is 0 Å². The van der Waals surface area contributed by atoms with Gasteiger partial charge in [-0.05, 0) is 65.9 Å². The SMILES string of the molecule is Cc1ccc(NC(=O)COc2ccc(I)cc2)cc1. The summed E-state index contributed by atoms with van der Waals surface area (Å²) in [5.41, 5.74) is 1.94. The van der Waals surface area contributed by atoms with Gasteiger partial charge in [-0.3, -0.25) is 4.79 Å². The molecule has 0 bridgehead atoms. The van der Waals surface area contributed by atoms with Crippen LogP contribution in [0, 0.1) is 10.5 Å². The molecule has 0 aliphatic rings. The molecule has 0 heterocycles. The molecule has 0 atom stereocenters. The number of hydrogen-bond donors (Lipinski definition) is 1. The van der Waals surface area contributed by atoms with Crippen LogP contribution in [0.4, 0.5) is 5.69 Å². The molecule has 0 aliphatic carbocycles. The zero-order valence-electron chi connectivity index (χ0n) is 10.5. The normalized spacial score (nSPS) is 10.0. The summed E-state index contributed by atoms with van der Waals surface area (Å²) in [5, 5.41) is 2.79. The summed E-state index contributed by atoms with van der Waals surface area (Å²) in [4.78, 5) is 11.7. The van der Waals surface area contributed by atoms with Gasteiger partial charge in [-0.15, -0.1) is 0 Å². The Kier molecular flexibility index (Phi) is 4.79. The second kappa shape index (κ2) is 6.56. The van der Waals surface area contributed by atoms with Crippen LogP contribution < -0.4 is 10.1 Å². The van der Waals surface area contributed by atoms with Crippen LogP contribution in [0.2, 0.25) is 0 Å². The van der Waals surface area contributed by atoms with E-state index in [1.165, 1.54) is 0 Å². The van der Waals surface area contributed by atoms with Crippen LogP contribution >= 0.6 is 22.6 Å². The molecule has 1 amide bonds. The van der Waals surface area contributed by atoms with E-state index in [4.69, 9.17) is 4.74 Å². The highest BCUT2D eigenvalue weighted by atomic mass is 127. The van der Waals surface area contributed by atoms with Crippen LogP contribution in [-0.4, -0.2) is 12.5 Å². The predicted molar refractivity (Wildman–Crippen MR) is 84.5 cm³/mol. The van der Waals surface area contributed by atoms with Gasteiger partial charge in [0.15, 0.2) is 6.61 Å². The number of anilines is 1. The second-order valence-electron chi connectivity index (χ2n) is 4.16. The standard InChI is InChI=1S/C15H14INO2/c1-11-2-6-13(7-3-11)17-15(18)10-19-14-8-4-12(16)5-9-14/h2-9H,10H2,1H3,(H,17,18). The summed E-state index contributed by atoms with van der Waals surface area (Å²) < 4.78 is 6.54. The van der Waals surface area contributed by atoms with E-state index in [1.54, 1.807) is 0 Å². The third-order valence-corrected chi connectivity index (χ3v) is 3.24. The molecule has 0 aliphatic heterocycles. The molecule has 0 fully saturated rings. The first-order valence-electron chi connectivity index (χ1n) is 5.88. The second-order valence-corrected chi connectivity index (χ2v) is 5.40.